The maximum absolute atomic E-state index is 11.9. The second kappa shape index (κ2) is 10.2. The van der Waals surface area contributed by atoms with Crippen molar-refractivity contribution in [1.29, 1.82) is 0 Å². The molecule has 1 amide bonds. The lowest BCUT2D eigenvalue weighted by atomic mass is 10.2. The molecule has 2 aromatic carbocycles. The fourth-order valence-electron chi connectivity index (χ4n) is 2.23. The van der Waals surface area contributed by atoms with E-state index in [0.29, 0.717) is 10.7 Å². The van der Waals surface area contributed by atoms with Crippen LogP contribution in [0.1, 0.15) is 22.3 Å². The molecule has 0 radical (unpaired) electrons. The number of thioether (sulfide) groups is 1. The zero-order valence-electron chi connectivity index (χ0n) is 15.4. The average molecular weight is 388 g/mol. The van der Waals surface area contributed by atoms with E-state index in [1.165, 1.54) is 10.5 Å². The van der Waals surface area contributed by atoms with Gasteiger partial charge in [0, 0.05) is 36.8 Å². The number of carbonyl (C=O) groups is 1. The molecular weight excluding hydrogens is 362 g/mol. The summed E-state index contributed by atoms with van der Waals surface area (Å²) in [6.07, 6.45) is 1.02. The van der Waals surface area contributed by atoms with E-state index in [0.717, 1.165) is 24.4 Å². The fraction of sp³-hybridized carbons (Fsp3) is 0.300. The van der Waals surface area contributed by atoms with E-state index in [4.69, 9.17) is 12.2 Å². The van der Waals surface area contributed by atoms with Gasteiger partial charge in [-0.3, -0.25) is 4.79 Å². The van der Waals surface area contributed by atoms with Crippen molar-refractivity contribution >= 4 is 40.7 Å². The maximum atomic E-state index is 11.9. The van der Waals surface area contributed by atoms with Gasteiger partial charge in [-0.2, -0.15) is 0 Å². The predicted molar refractivity (Wildman–Crippen MR) is 115 cm³/mol. The monoisotopic (exact) mass is 387 g/mol. The third-order valence-corrected chi connectivity index (χ3v) is 5.04. The van der Waals surface area contributed by atoms with E-state index >= 15 is 0 Å². The van der Waals surface area contributed by atoms with Crippen LogP contribution in [0.2, 0.25) is 0 Å². The summed E-state index contributed by atoms with van der Waals surface area (Å²) in [5.74, 6) is 1.03. The van der Waals surface area contributed by atoms with Gasteiger partial charge in [-0.1, -0.05) is 17.7 Å². The summed E-state index contributed by atoms with van der Waals surface area (Å²) in [5, 5.41) is 6.95. The van der Waals surface area contributed by atoms with Crippen LogP contribution >= 0.6 is 24.0 Å². The lowest BCUT2D eigenvalue weighted by molar-refractivity contribution is 0.0827. The molecule has 0 heterocycles. The molecule has 0 aliphatic heterocycles. The molecule has 0 aliphatic carbocycles. The minimum absolute atomic E-state index is 0.0108. The Kier molecular flexibility index (Phi) is 7.94. The zero-order valence-corrected chi connectivity index (χ0v) is 17.0. The van der Waals surface area contributed by atoms with Crippen molar-refractivity contribution in [3.63, 3.8) is 0 Å². The van der Waals surface area contributed by atoms with Crippen molar-refractivity contribution in [1.82, 2.24) is 10.2 Å². The highest BCUT2D eigenvalue weighted by atomic mass is 32.2. The van der Waals surface area contributed by atoms with E-state index < -0.39 is 0 Å². The third-order valence-electron chi connectivity index (χ3n) is 3.69. The van der Waals surface area contributed by atoms with Gasteiger partial charge in [0.05, 0.1) is 0 Å². The molecule has 0 saturated carbocycles. The summed E-state index contributed by atoms with van der Waals surface area (Å²) < 4.78 is 0. The molecule has 2 rings (SSSR count). The number of aryl methyl sites for hydroxylation is 1. The van der Waals surface area contributed by atoms with Gasteiger partial charge < -0.3 is 15.5 Å². The normalized spacial score (nSPS) is 10.3. The number of rotatable bonds is 7. The van der Waals surface area contributed by atoms with Crippen molar-refractivity contribution in [2.75, 3.05) is 31.7 Å². The van der Waals surface area contributed by atoms with Gasteiger partial charge in [-0.25, -0.2) is 0 Å². The van der Waals surface area contributed by atoms with Crippen LogP contribution in [0.15, 0.2) is 53.4 Å². The van der Waals surface area contributed by atoms with Crippen LogP contribution in [0.25, 0.3) is 0 Å². The first-order valence-corrected chi connectivity index (χ1v) is 9.91. The Morgan fingerprint density at radius 1 is 1.08 bits per heavy atom. The molecule has 0 aromatic heterocycles. The largest absolute Gasteiger partial charge is 0.362 e. The molecule has 0 spiro atoms. The Bertz CT molecular complexity index is 728. The maximum Gasteiger partial charge on any atom is 0.253 e. The molecule has 0 saturated heterocycles. The van der Waals surface area contributed by atoms with E-state index in [-0.39, 0.29) is 5.91 Å². The van der Waals surface area contributed by atoms with Crippen LogP contribution in [-0.2, 0) is 0 Å². The summed E-state index contributed by atoms with van der Waals surface area (Å²) in [6.45, 7) is 2.92. The quantitative estimate of drug-likeness (QED) is 0.424. The minimum atomic E-state index is -0.0108. The minimum Gasteiger partial charge on any atom is -0.362 e. The van der Waals surface area contributed by atoms with Crippen molar-refractivity contribution in [3.8, 4) is 0 Å². The molecule has 0 atom stereocenters. The number of thiocarbonyl (C=S) groups is 1. The second-order valence-corrected chi connectivity index (χ2v) is 7.75. The van der Waals surface area contributed by atoms with Gasteiger partial charge in [0.2, 0.25) is 0 Å². The molecule has 2 N–H and O–H groups in total. The Labute approximate surface area is 165 Å². The first kappa shape index (κ1) is 20.3. The molecule has 26 heavy (non-hydrogen) atoms. The summed E-state index contributed by atoms with van der Waals surface area (Å²) in [4.78, 5) is 14.7. The number of hydrogen-bond acceptors (Lipinski definition) is 3. The van der Waals surface area contributed by atoms with E-state index in [2.05, 4.69) is 41.8 Å². The van der Waals surface area contributed by atoms with Crippen molar-refractivity contribution in [2.24, 2.45) is 0 Å². The average Bonchev–Trinajstić information content (AvgIpc) is 2.63. The van der Waals surface area contributed by atoms with E-state index in [1.807, 2.05) is 23.9 Å². The summed E-state index contributed by atoms with van der Waals surface area (Å²) in [7, 11) is 3.48. The van der Waals surface area contributed by atoms with Crippen LogP contribution in [-0.4, -0.2) is 42.3 Å². The number of hydrogen-bond donors (Lipinski definition) is 2. The van der Waals surface area contributed by atoms with Crippen molar-refractivity contribution in [2.45, 2.75) is 18.2 Å². The molecule has 0 bridgehead atoms. The van der Waals surface area contributed by atoms with Crippen molar-refractivity contribution in [3.05, 3.63) is 59.7 Å². The lowest BCUT2D eigenvalue weighted by Crippen LogP contribution is -2.29. The summed E-state index contributed by atoms with van der Waals surface area (Å²) >= 11 is 7.17. The highest BCUT2D eigenvalue weighted by Gasteiger charge is 2.07. The summed E-state index contributed by atoms with van der Waals surface area (Å²) in [5.41, 5.74) is 2.81. The smallest absolute Gasteiger partial charge is 0.253 e. The van der Waals surface area contributed by atoms with Crippen LogP contribution in [0.3, 0.4) is 0 Å². The topological polar surface area (TPSA) is 44.4 Å². The number of benzene rings is 2. The Balaban J connectivity index is 1.67. The van der Waals surface area contributed by atoms with Gasteiger partial charge in [0.15, 0.2) is 5.11 Å². The van der Waals surface area contributed by atoms with Gasteiger partial charge in [0.25, 0.3) is 5.91 Å². The zero-order chi connectivity index (χ0) is 18.9. The van der Waals surface area contributed by atoms with Gasteiger partial charge >= 0.3 is 0 Å². The number of amides is 1. The van der Waals surface area contributed by atoms with Crippen LogP contribution < -0.4 is 10.6 Å². The highest BCUT2D eigenvalue weighted by Crippen LogP contribution is 2.18. The molecule has 0 fully saturated rings. The first-order valence-electron chi connectivity index (χ1n) is 8.52. The first-order chi connectivity index (χ1) is 12.5. The Morgan fingerprint density at radius 3 is 2.35 bits per heavy atom. The predicted octanol–water partition coefficient (Wildman–Crippen LogP) is 4.17. The molecule has 6 heteroatoms. The highest BCUT2D eigenvalue weighted by molar-refractivity contribution is 7.99. The molecule has 0 aliphatic rings. The third kappa shape index (κ3) is 6.69. The molecule has 4 nitrogen and oxygen atoms in total. The van der Waals surface area contributed by atoms with E-state index in [1.54, 1.807) is 31.1 Å². The Hall–Kier alpha value is -2.05. The molecular formula is C20H25N3OS2. The van der Waals surface area contributed by atoms with Gasteiger partial charge in [-0.15, -0.1) is 11.8 Å². The second-order valence-electron chi connectivity index (χ2n) is 6.17. The molecule has 2 aromatic rings. The fourth-order valence-corrected chi connectivity index (χ4v) is 3.30. The SMILES string of the molecule is Cc1ccc(SCCCNC(=S)Nc2ccc(C(=O)N(C)C)cc2)cc1. The van der Waals surface area contributed by atoms with Crippen LogP contribution in [0, 0.1) is 6.92 Å². The summed E-state index contributed by atoms with van der Waals surface area (Å²) in [6, 6.07) is 15.9. The lowest BCUT2D eigenvalue weighted by Gasteiger charge is -2.12. The number of carbonyl (C=O) groups excluding carboxylic acids is 1. The molecule has 138 valence electrons. The van der Waals surface area contributed by atoms with Crippen LogP contribution in [0.5, 0.6) is 0 Å². The van der Waals surface area contributed by atoms with Gasteiger partial charge in [-0.05, 0) is 67.7 Å². The number of anilines is 1. The Morgan fingerprint density at radius 2 is 1.73 bits per heavy atom. The number of nitrogens with zero attached hydrogens (tertiary/aromatic N) is 1. The molecule has 0 unspecified atom stereocenters. The van der Waals surface area contributed by atoms with Crippen molar-refractivity contribution < 1.29 is 4.79 Å². The van der Waals surface area contributed by atoms with Gasteiger partial charge in [0.1, 0.15) is 0 Å². The standard InChI is InChI=1S/C20H25N3OS2/c1-15-5-11-18(12-6-15)26-14-4-13-21-20(25)22-17-9-7-16(8-10-17)19(24)23(2)3/h5-12H,4,13-14H2,1-3H3,(H2,21,22,25). The van der Waals surface area contributed by atoms with E-state index in [9.17, 15) is 4.79 Å². The van der Waals surface area contributed by atoms with Crippen LogP contribution in [0.4, 0.5) is 5.69 Å². The number of nitrogens with one attached hydrogen (secondary N) is 2.